The zero-order valence-corrected chi connectivity index (χ0v) is 12.8. The highest BCUT2D eigenvalue weighted by Crippen LogP contribution is 2.24. The van der Waals surface area contributed by atoms with E-state index in [1.54, 1.807) is 25.8 Å². The van der Waals surface area contributed by atoms with E-state index < -0.39 is 0 Å². The van der Waals surface area contributed by atoms with Crippen LogP contribution in [0, 0.1) is 0 Å². The molecule has 0 unspecified atom stereocenters. The largest absolute Gasteiger partial charge is 0.497 e. The highest BCUT2D eigenvalue weighted by atomic mass is 16.5. The number of methoxy groups -OCH3 is 1. The quantitative estimate of drug-likeness (QED) is 0.775. The normalized spacial score (nSPS) is 15.2. The second-order valence-electron chi connectivity index (χ2n) is 5.36. The summed E-state index contributed by atoms with van der Waals surface area (Å²) in [6.45, 7) is 3.50. The lowest BCUT2D eigenvalue weighted by Crippen LogP contribution is -2.47. The summed E-state index contributed by atoms with van der Waals surface area (Å²) in [5.41, 5.74) is 0.770. The van der Waals surface area contributed by atoms with Crippen LogP contribution in [0.3, 0.4) is 0 Å². The number of hydrogen-bond donors (Lipinski definition) is 1. The minimum Gasteiger partial charge on any atom is -0.497 e. The molecule has 1 aliphatic rings. The summed E-state index contributed by atoms with van der Waals surface area (Å²) in [6, 6.07) is 3.82. The van der Waals surface area contributed by atoms with E-state index in [1.165, 1.54) is 0 Å². The number of hydrogen-bond acceptors (Lipinski definition) is 7. The Morgan fingerprint density at radius 2 is 1.91 bits per heavy atom. The van der Waals surface area contributed by atoms with Crippen molar-refractivity contribution >= 4 is 22.7 Å². The lowest BCUT2D eigenvalue weighted by atomic mass is 10.2. The first-order valence-corrected chi connectivity index (χ1v) is 7.49. The van der Waals surface area contributed by atoms with Crippen molar-refractivity contribution in [2.24, 2.45) is 0 Å². The van der Waals surface area contributed by atoms with E-state index >= 15 is 0 Å². The maximum atomic E-state index is 5.27. The summed E-state index contributed by atoms with van der Waals surface area (Å²) in [7, 11) is 1.67. The first kappa shape index (κ1) is 13.7. The van der Waals surface area contributed by atoms with E-state index in [9.17, 15) is 0 Å². The van der Waals surface area contributed by atoms with Gasteiger partial charge < -0.3 is 14.5 Å². The zero-order chi connectivity index (χ0) is 15.6. The molecular formula is C15H17N7O. The molecule has 3 aromatic heterocycles. The van der Waals surface area contributed by atoms with Crippen molar-refractivity contribution in [3.8, 4) is 5.75 Å². The topological polar surface area (TPSA) is 83.1 Å². The first-order valence-electron chi connectivity index (χ1n) is 7.49. The third kappa shape index (κ3) is 2.52. The van der Waals surface area contributed by atoms with Crippen molar-refractivity contribution in [2.45, 2.75) is 0 Å². The van der Waals surface area contributed by atoms with E-state index in [0.717, 1.165) is 54.6 Å². The average Bonchev–Trinajstić information content (AvgIpc) is 3.11. The number of aromatic amines is 1. The minimum absolute atomic E-state index is 0.770. The zero-order valence-electron chi connectivity index (χ0n) is 12.8. The van der Waals surface area contributed by atoms with Gasteiger partial charge in [-0.15, -0.1) is 0 Å². The Balaban J connectivity index is 1.51. The van der Waals surface area contributed by atoms with Crippen molar-refractivity contribution in [3.63, 3.8) is 0 Å². The molecule has 0 aromatic carbocycles. The van der Waals surface area contributed by atoms with Gasteiger partial charge in [0.15, 0.2) is 5.65 Å². The average molecular weight is 311 g/mol. The monoisotopic (exact) mass is 311 g/mol. The lowest BCUT2D eigenvalue weighted by Gasteiger charge is -2.36. The predicted molar refractivity (Wildman–Crippen MR) is 86.9 cm³/mol. The molecule has 23 heavy (non-hydrogen) atoms. The van der Waals surface area contributed by atoms with Gasteiger partial charge in [0, 0.05) is 38.4 Å². The Bertz CT molecular complexity index is 810. The highest BCUT2D eigenvalue weighted by Gasteiger charge is 2.21. The fourth-order valence-electron chi connectivity index (χ4n) is 2.85. The standard InChI is InChI=1S/C15H17N7O/c1-23-11-2-3-16-13(8-11)21-4-6-22(7-5-21)15-12-9-19-20-14(12)17-10-18-15/h2-3,8-10H,4-7H2,1H3,(H,17,18,19,20). The molecule has 4 rings (SSSR count). The number of fused-ring (bicyclic) bond motifs is 1. The maximum absolute atomic E-state index is 5.27. The summed E-state index contributed by atoms with van der Waals surface area (Å²) in [6.07, 6.45) is 5.13. The smallest absolute Gasteiger partial charge is 0.160 e. The molecule has 1 saturated heterocycles. The second-order valence-corrected chi connectivity index (χ2v) is 5.36. The van der Waals surface area contributed by atoms with Gasteiger partial charge >= 0.3 is 0 Å². The third-order valence-electron chi connectivity index (χ3n) is 4.08. The van der Waals surface area contributed by atoms with Gasteiger partial charge in [0.25, 0.3) is 0 Å². The van der Waals surface area contributed by atoms with Gasteiger partial charge in [-0.1, -0.05) is 0 Å². The van der Waals surface area contributed by atoms with E-state index in [0.29, 0.717) is 0 Å². The fraction of sp³-hybridized carbons (Fsp3) is 0.333. The Morgan fingerprint density at radius 3 is 2.74 bits per heavy atom. The molecule has 0 atom stereocenters. The van der Waals surface area contributed by atoms with Crippen LogP contribution in [0.4, 0.5) is 11.6 Å². The van der Waals surface area contributed by atoms with Crippen LogP contribution < -0.4 is 14.5 Å². The van der Waals surface area contributed by atoms with Crippen LogP contribution in [0.2, 0.25) is 0 Å². The number of H-pyrrole nitrogens is 1. The molecule has 0 bridgehead atoms. The number of anilines is 2. The van der Waals surface area contributed by atoms with Crippen molar-refractivity contribution < 1.29 is 4.74 Å². The van der Waals surface area contributed by atoms with Gasteiger partial charge in [-0.25, -0.2) is 15.0 Å². The molecule has 0 radical (unpaired) electrons. The van der Waals surface area contributed by atoms with E-state index in [-0.39, 0.29) is 0 Å². The minimum atomic E-state index is 0.770. The van der Waals surface area contributed by atoms with Gasteiger partial charge in [0.1, 0.15) is 23.7 Å². The third-order valence-corrected chi connectivity index (χ3v) is 4.08. The molecule has 3 aromatic rings. The Kier molecular flexibility index (Phi) is 3.41. The summed E-state index contributed by atoms with van der Waals surface area (Å²) in [4.78, 5) is 17.6. The van der Waals surface area contributed by atoms with Crippen LogP contribution in [0.15, 0.2) is 30.9 Å². The molecule has 0 spiro atoms. The second kappa shape index (κ2) is 5.71. The number of ether oxygens (including phenoxy) is 1. The Labute approximate surface area is 133 Å². The number of nitrogens with zero attached hydrogens (tertiary/aromatic N) is 6. The Morgan fingerprint density at radius 1 is 1.09 bits per heavy atom. The van der Waals surface area contributed by atoms with Gasteiger partial charge in [0.2, 0.25) is 0 Å². The number of pyridine rings is 1. The van der Waals surface area contributed by atoms with Gasteiger partial charge in [-0.2, -0.15) is 5.10 Å². The van der Waals surface area contributed by atoms with E-state index in [4.69, 9.17) is 4.74 Å². The fourth-order valence-corrected chi connectivity index (χ4v) is 2.85. The maximum Gasteiger partial charge on any atom is 0.160 e. The van der Waals surface area contributed by atoms with Gasteiger partial charge in [0.05, 0.1) is 18.7 Å². The van der Waals surface area contributed by atoms with Gasteiger partial charge in [-0.05, 0) is 6.07 Å². The molecule has 0 amide bonds. The summed E-state index contributed by atoms with van der Waals surface area (Å²) in [5, 5.41) is 7.89. The van der Waals surface area contributed by atoms with E-state index in [1.807, 2.05) is 12.1 Å². The summed E-state index contributed by atoms with van der Waals surface area (Å²) >= 11 is 0. The van der Waals surface area contributed by atoms with Crippen LogP contribution >= 0.6 is 0 Å². The molecule has 8 heteroatoms. The summed E-state index contributed by atoms with van der Waals surface area (Å²) < 4.78 is 5.27. The van der Waals surface area contributed by atoms with Crippen molar-refractivity contribution in [1.29, 1.82) is 0 Å². The van der Waals surface area contributed by atoms with Crippen LogP contribution in [-0.2, 0) is 0 Å². The van der Waals surface area contributed by atoms with Crippen LogP contribution in [0.25, 0.3) is 11.0 Å². The van der Waals surface area contributed by atoms with Crippen molar-refractivity contribution in [1.82, 2.24) is 25.1 Å². The molecular weight excluding hydrogens is 294 g/mol. The molecule has 0 aliphatic carbocycles. The van der Waals surface area contributed by atoms with Gasteiger partial charge in [-0.3, -0.25) is 5.10 Å². The predicted octanol–water partition coefficient (Wildman–Crippen LogP) is 1.08. The molecule has 4 heterocycles. The number of aromatic nitrogens is 5. The molecule has 1 aliphatic heterocycles. The molecule has 1 fully saturated rings. The summed E-state index contributed by atoms with van der Waals surface area (Å²) in [5.74, 6) is 2.70. The lowest BCUT2D eigenvalue weighted by molar-refractivity contribution is 0.414. The van der Waals surface area contributed by atoms with E-state index in [2.05, 4.69) is 34.9 Å². The first-order chi connectivity index (χ1) is 11.3. The number of piperazine rings is 1. The van der Waals surface area contributed by atoms with Crippen LogP contribution in [-0.4, -0.2) is 58.4 Å². The van der Waals surface area contributed by atoms with Crippen LogP contribution in [0.5, 0.6) is 5.75 Å². The number of nitrogens with one attached hydrogen (secondary N) is 1. The van der Waals surface area contributed by atoms with Crippen LogP contribution in [0.1, 0.15) is 0 Å². The molecule has 1 N–H and O–H groups in total. The Hall–Kier alpha value is -2.90. The molecule has 0 saturated carbocycles. The van der Waals surface area contributed by atoms with Crippen molar-refractivity contribution in [3.05, 3.63) is 30.9 Å². The number of rotatable bonds is 3. The van der Waals surface area contributed by atoms with Crippen molar-refractivity contribution in [2.75, 3.05) is 43.1 Å². The molecule has 118 valence electrons. The highest BCUT2D eigenvalue weighted by molar-refractivity contribution is 5.86. The SMILES string of the molecule is COc1ccnc(N2CCN(c3ncnc4[nH]ncc34)CC2)c1. The molecule has 8 nitrogen and oxygen atoms in total.